The molecule has 0 aliphatic carbocycles. The van der Waals surface area contributed by atoms with Gasteiger partial charge in [-0.2, -0.15) is 0 Å². The van der Waals surface area contributed by atoms with Crippen LogP contribution in [-0.4, -0.2) is 7.05 Å². The van der Waals surface area contributed by atoms with Crippen LogP contribution in [0.4, 0.5) is 11.4 Å². The van der Waals surface area contributed by atoms with E-state index in [0.29, 0.717) is 0 Å². The number of benzene rings is 5. The van der Waals surface area contributed by atoms with E-state index >= 15 is 0 Å². The van der Waals surface area contributed by atoms with Gasteiger partial charge in [0.2, 0.25) is 0 Å². The second-order valence-electron chi connectivity index (χ2n) is 7.20. The Morgan fingerprint density at radius 3 is 1.61 bits per heavy atom. The molecule has 0 aliphatic heterocycles. The Morgan fingerprint density at radius 1 is 0.429 bits per heavy atom. The molecule has 0 fully saturated rings. The molecule has 134 valence electrons. The van der Waals surface area contributed by atoms with Crippen molar-refractivity contribution < 1.29 is 0 Å². The molecule has 28 heavy (non-hydrogen) atoms. The summed E-state index contributed by atoms with van der Waals surface area (Å²) in [5.41, 5.74) is 4.86. The molecule has 0 aromatic heterocycles. The molecule has 1 heteroatoms. The second kappa shape index (κ2) is 6.86. The highest BCUT2D eigenvalue weighted by Crippen LogP contribution is 2.30. The Balaban J connectivity index is 1.46. The van der Waals surface area contributed by atoms with Gasteiger partial charge in [-0.3, -0.25) is 0 Å². The lowest BCUT2D eigenvalue weighted by atomic mass is 10.0. The van der Waals surface area contributed by atoms with Crippen molar-refractivity contribution in [3.63, 3.8) is 0 Å². The fraction of sp³-hybridized carbons (Fsp3) is 0.0370. The first kappa shape index (κ1) is 16.6. The van der Waals surface area contributed by atoms with E-state index < -0.39 is 0 Å². The molecule has 0 spiro atoms. The molecular weight excluding hydrogens is 338 g/mol. The molecule has 0 saturated heterocycles. The SMILES string of the molecule is CN(c1ccc(-c2ccc3ccccc3c2)cc1)c1ccc2ccccc2c1. The van der Waals surface area contributed by atoms with Crippen molar-refractivity contribution in [1.29, 1.82) is 0 Å². The maximum Gasteiger partial charge on any atom is 0.0414 e. The summed E-state index contributed by atoms with van der Waals surface area (Å²) in [6.45, 7) is 0. The van der Waals surface area contributed by atoms with Crippen LogP contribution in [0.25, 0.3) is 32.7 Å². The average molecular weight is 359 g/mol. The fourth-order valence-electron chi connectivity index (χ4n) is 3.78. The van der Waals surface area contributed by atoms with Crippen LogP contribution < -0.4 is 4.90 Å². The number of fused-ring (bicyclic) bond motifs is 2. The first-order chi connectivity index (χ1) is 13.8. The van der Waals surface area contributed by atoms with Crippen molar-refractivity contribution in [3.05, 3.63) is 109 Å². The summed E-state index contributed by atoms with van der Waals surface area (Å²) in [4.78, 5) is 2.23. The first-order valence-electron chi connectivity index (χ1n) is 9.60. The number of rotatable bonds is 3. The number of anilines is 2. The molecular formula is C27H21N. The second-order valence-corrected chi connectivity index (χ2v) is 7.20. The minimum absolute atomic E-state index is 1.18. The molecule has 0 radical (unpaired) electrons. The molecule has 0 atom stereocenters. The van der Waals surface area contributed by atoms with Gasteiger partial charge in [-0.1, -0.05) is 78.9 Å². The third-order valence-electron chi connectivity index (χ3n) is 5.46. The molecule has 1 nitrogen and oxygen atoms in total. The number of nitrogens with zero attached hydrogens (tertiary/aromatic N) is 1. The van der Waals surface area contributed by atoms with Gasteiger partial charge in [-0.25, -0.2) is 0 Å². The predicted molar refractivity (Wildman–Crippen MR) is 121 cm³/mol. The van der Waals surface area contributed by atoms with Gasteiger partial charge in [0, 0.05) is 18.4 Å². The zero-order valence-electron chi connectivity index (χ0n) is 15.8. The van der Waals surface area contributed by atoms with Crippen molar-refractivity contribution in [2.75, 3.05) is 11.9 Å². The molecule has 0 aliphatic rings. The molecule has 0 saturated carbocycles. The smallest absolute Gasteiger partial charge is 0.0414 e. The number of hydrogen-bond donors (Lipinski definition) is 0. The van der Waals surface area contributed by atoms with Crippen LogP contribution in [0.3, 0.4) is 0 Å². The van der Waals surface area contributed by atoms with Gasteiger partial charge in [-0.15, -0.1) is 0 Å². The molecule has 0 N–H and O–H groups in total. The molecule has 5 aromatic rings. The predicted octanol–water partition coefficient (Wildman–Crippen LogP) is 7.43. The van der Waals surface area contributed by atoms with E-state index in [4.69, 9.17) is 0 Å². The molecule has 0 amide bonds. The average Bonchev–Trinajstić information content (AvgIpc) is 2.78. The van der Waals surface area contributed by atoms with Gasteiger partial charge in [0.15, 0.2) is 0 Å². The topological polar surface area (TPSA) is 3.24 Å². The Morgan fingerprint density at radius 2 is 0.929 bits per heavy atom. The molecule has 0 unspecified atom stereocenters. The van der Waals surface area contributed by atoms with Gasteiger partial charge in [0.05, 0.1) is 0 Å². The summed E-state index contributed by atoms with van der Waals surface area (Å²) in [6.07, 6.45) is 0. The summed E-state index contributed by atoms with van der Waals surface area (Å²) >= 11 is 0. The van der Waals surface area contributed by atoms with Crippen LogP contribution in [0, 0.1) is 0 Å². The van der Waals surface area contributed by atoms with Gasteiger partial charge in [0.1, 0.15) is 0 Å². The first-order valence-corrected chi connectivity index (χ1v) is 9.60. The van der Waals surface area contributed by atoms with E-state index in [1.165, 1.54) is 44.0 Å². The highest BCUT2D eigenvalue weighted by molar-refractivity contribution is 5.88. The van der Waals surface area contributed by atoms with Crippen molar-refractivity contribution in [2.24, 2.45) is 0 Å². The Kier molecular flexibility index (Phi) is 4.06. The van der Waals surface area contributed by atoms with Crippen molar-refractivity contribution in [2.45, 2.75) is 0 Å². The van der Waals surface area contributed by atoms with Crippen LogP contribution in [0.2, 0.25) is 0 Å². The molecule has 0 heterocycles. The van der Waals surface area contributed by atoms with Crippen molar-refractivity contribution in [1.82, 2.24) is 0 Å². The minimum Gasteiger partial charge on any atom is -0.345 e. The van der Waals surface area contributed by atoms with Crippen LogP contribution in [0.1, 0.15) is 0 Å². The van der Waals surface area contributed by atoms with Gasteiger partial charge in [-0.05, 0) is 63.0 Å². The molecule has 5 rings (SSSR count). The monoisotopic (exact) mass is 359 g/mol. The largest absolute Gasteiger partial charge is 0.345 e. The lowest BCUT2D eigenvalue weighted by Gasteiger charge is -2.20. The van der Waals surface area contributed by atoms with E-state index in [-0.39, 0.29) is 0 Å². The Hall–Kier alpha value is -3.58. The fourth-order valence-corrected chi connectivity index (χ4v) is 3.78. The molecule has 0 bridgehead atoms. The molecule has 5 aromatic carbocycles. The Labute approximate surface area is 165 Å². The third-order valence-corrected chi connectivity index (χ3v) is 5.46. The van der Waals surface area contributed by atoms with E-state index in [9.17, 15) is 0 Å². The van der Waals surface area contributed by atoms with E-state index in [0.717, 1.165) is 0 Å². The van der Waals surface area contributed by atoms with E-state index in [2.05, 4.69) is 121 Å². The Bertz CT molecular complexity index is 1270. The normalized spacial score (nSPS) is 11.0. The number of hydrogen-bond acceptors (Lipinski definition) is 1. The van der Waals surface area contributed by atoms with E-state index in [1.807, 2.05) is 0 Å². The van der Waals surface area contributed by atoms with Crippen LogP contribution in [0.5, 0.6) is 0 Å². The quantitative estimate of drug-likeness (QED) is 0.324. The highest BCUT2D eigenvalue weighted by atomic mass is 15.1. The standard InChI is InChI=1S/C27H21N/c1-28(27-17-14-21-7-3-5-9-24(21)19-27)26-15-12-22(13-16-26)25-11-10-20-6-2-4-8-23(20)18-25/h2-19H,1H3. The summed E-state index contributed by atoms with van der Waals surface area (Å²) < 4.78 is 0. The van der Waals surface area contributed by atoms with Crippen LogP contribution in [0.15, 0.2) is 109 Å². The van der Waals surface area contributed by atoms with E-state index in [1.54, 1.807) is 0 Å². The maximum absolute atomic E-state index is 2.26. The van der Waals surface area contributed by atoms with Crippen molar-refractivity contribution >= 4 is 32.9 Å². The van der Waals surface area contributed by atoms with Crippen molar-refractivity contribution in [3.8, 4) is 11.1 Å². The summed E-state index contributed by atoms with van der Waals surface area (Å²) in [5, 5.41) is 5.09. The van der Waals surface area contributed by atoms with Gasteiger partial charge in [0.25, 0.3) is 0 Å². The summed E-state index contributed by atoms with van der Waals surface area (Å²) in [6, 6.07) is 39.0. The maximum atomic E-state index is 2.26. The third kappa shape index (κ3) is 3.01. The lowest BCUT2D eigenvalue weighted by Crippen LogP contribution is -2.09. The van der Waals surface area contributed by atoms with Gasteiger partial charge >= 0.3 is 0 Å². The zero-order valence-corrected chi connectivity index (χ0v) is 15.8. The zero-order chi connectivity index (χ0) is 18.9. The summed E-state index contributed by atoms with van der Waals surface area (Å²) in [7, 11) is 2.12. The lowest BCUT2D eigenvalue weighted by molar-refractivity contribution is 1.21. The van der Waals surface area contributed by atoms with Crippen LogP contribution >= 0.6 is 0 Å². The van der Waals surface area contributed by atoms with Crippen LogP contribution in [-0.2, 0) is 0 Å². The minimum atomic E-state index is 1.18. The van der Waals surface area contributed by atoms with Gasteiger partial charge < -0.3 is 4.90 Å². The summed E-state index contributed by atoms with van der Waals surface area (Å²) in [5.74, 6) is 0. The highest BCUT2D eigenvalue weighted by Gasteiger charge is 2.06.